The topological polar surface area (TPSA) is 35.5 Å². The fourth-order valence-electron chi connectivity index (χ4n) is 0.0833. The minimum Gasteiger partial charge on any atom is -0.438 e. The number of hydrogen-bond acceptors (Lipinski definition) is 3. The second-order valence-corrected chi connectivity index (χ2v) is 0.658. The van der Waals surface area contributed by atoms with Gasteiger partial charge in [0.15, 0.2) is 0 Å². The second kappa shape index (κ2) is 2.50. The zero-order chi connectivity index (χ0) is 4.99. The normalized spacial score (nSPS) is 7.00. The molecule has 0 heterocycles. The van der Waals surface area contributed by atoms with Crippen molar-refractivity contribution in [3.63, 3.8) is 0 Å². The molecule has 0 unspecified atom stereocenters. The molecule has 6 heavy (non-hydrogen) atoms. The highest BCUT2D eigenvalue weighted by atomic mass is 16.8. The molecule has 0 spiro atoms. The van der Waals surface area contributed by atoms with Gasteiger partial charge in [-0.1, -0.05) is 0 Å². The van der Waals surface area contributed by atoms with Crippen LogP contribution < -0.4 is 0 Å². The molecule has 0 atom stereocenters. The summed E-state index contributed by atoms with van der Waals surface area (Å²) >= 11 is 0. The van der Waals surface area contributed by atoms with Gasteiger partial charge in [0.2, 0.25) is 0 Å². The van der Waals surface area contributed by atoms with Gasteiger partial charge in [-0.15, -0.1) is 0 Å². The first-order chi connectivity index (χ1) is 2.81. The van der Waals surface area contributed by atoms with Crippen LogP contribution in [0.1, 0.15) is 0 Å². The van der Waals surface area contributed by atoms with Crippen LogP contribution in [0.3, 0.4) is 0 Å². The molecule has 0 aliphatic rings. The third-order valence-electron chi connectivity index (χ3n) is 0.333. The molecule has 3 heteroatoms. The van der Waals surface area contributed by atoms with Gasteiger partial charge in [0, 0.05) is 0 Å². The number of rotatable bonds is 0. The Morgan fingerprint density at radius 1 is 1.33 bits per heavy atom. The van der Waals surface area contributed by atoms with E-state index < -0.39 is 6.16 Å². The van der Waals surface area contributed by atoms with Gasteiger partial charge in [-0.25, -0.2) is 4.79 Å². The van der Waals surface area contributed by atoms with Crippen molar-refractivity contribution in [2.75, 3.05) is 14.2 Å². The lowest BCUT2D eigenvalue weighted by molar-refractivity contribution is 0.0924. The van der Waals surface area contributed by atoms with Crippen LogP contribution in [0.2, 0.25) is 0 Å². The van der Waals surface area contributed by atoms with E-state index in [1.807, 2.05) is 0 Å². The van der Waals surface area contributed by atoms with Gasteiger partial charge in [-0.2, -0.15) is 0 Å². The van der Waals surface area contributed by atoms with E-state index in [-0.39, 0.29) is 0 Å². The molecule has 0 amide bonds. The summed E-state index contributed by atoms with van der Waals surface area (Å²) in [6.07, 6.45) is -0.657. The maximum atomic E-state index is 9.74. The molecule has 36 valence electrons. The van der Waals surface area contributed by atoms with Crippen LogP contribution in [-0.2, 0) is 9.47 Å². The number of ether oxygens (including phenoxy) is 2. The van der Waals surface area contributed by atoms with Crippen LogP contribution in [0.25, 0.3) is 0 Å². The highest BCUT2D eigenvalue weighted by Crippen LogP contribution is 1.72. The molecule has 0 aromatic rings. The van der Waals surface area contributed by atoms with E-state index in [0.29, 0.717) is 0 Å². The van der Waals surface area contributed by atoms with Crippen LogP contribution in [-0.4, -0.2) is 20.4 Å². The van der Waals surface area contributed by atoms with Crippen molar-refractivity contribution in [1.82, 2.24) is 0 Å². The minimum absolute atomic E-state index is 0.657. The minimum atomic E-state index is -0.657. The molecule has 0 rings (SSSR count). The van der Waals surface area contributed by atoms with E-state index in [9.17, 15) is 4.79 Å². The van der Waals surface area contributed by atoms with Gasteiger partial charge in [-0.05, 0) is 0 Å². The molecule has 0 N–H and O–H groups in total. The molecule has 0 aliphatic carbocycles. The Labute approximate surface area is 35.9 Å². The van der Waals surface area contributed by atoms with Crippen LogP contribution >= 0.6 is 0 Å². The SMILES string of the molecule is CO[13C](=O)OC. The highest BCUT2D eigenvalue weighted by molar-refractivity contribution is 5.59. The molecular formula is C3H6O3. The number of hydrogen-bond donors (Lipinski definition) is 0. The Kier molecular flexibility index (Phi) is 2.20. The first kappa shape index (κ1) is 5.27. The standard InChI is InChI=1S/C3H6O3/c1-5-3(4)6-2/h1-2H3/i3+1. The quantitative estimate of drug-likeness (QED) is 0.319. The fraction of sp³-hybridized carbons (Fsp3) is 0.667. The van der Waals surface area contributed by atoms with Crippen molar-refractivity contribution < 1.29 is 14.3 Å². The Morgan fingerprint density at radius 2 is 1.67 bits per heavy atom. The largest absolute Gasteiger partial charge is 0.507 e. The number of methoxy groups -OCH3 is 2. The molecule has 3 nitrogen and oxygen atoms in total. The summed E-state index contributed by atoms with van der Waals surface area (Å²) in [4.78, 5) is 9.74. The Balaban J connectivity index is 2.99. The van der Waals surface area contributed by atoms with Gasteiger partial charge in [0.05, 0.1) is 14.2 Å². The van der Waals surface area contributed by atoms with Crippen molar-refractivity contribution >= 4 is 6.16 Å². The maximum Gasteiger partial charge on any atom is 0.507 e. The molecule has 0 saturated heterocycles. The average Bonchev–Trinajstić information content (AvgIpc) is 1.65. The Hall–Kier alpha value is -0.730. The highest BCUT2D eigenvalue weighted by Gasteiger charge is 1.88. The third kappa shape index (κ3) is 1.58. The molecule has 0 aromatic carbocycles. The molecule has 0 saturated carbocycles. The van der Waals surface area contributed by atoms with Crippen LogP contribution in [0.5, 0.6) is 0 Å². The van der Waals surface area contributed by atoms with Gasteiger partial charge < -0.3 is 9.47 Å². The Morgan fingerprint density at radius 3 is 1.67 bits per heavy atom. The number of carbonyl (C=O) groups is 1. The molecule has 0 bridgehead atoms. The summed E-state index contributed by atoms with van der Waals surface area (Å²) in [5.74, 6) is 0. The summed E-state index contributed by atoms with van der Waals surface area (Å²) in [6.45, 7) is 0. The summed E-state index contributed by atoms with van der Waals surface area (Å²) < 4.78 is 8.08. The number of carbonyl (C=O) groups excluding carboxylic acids is 1. The fourth-order valence-corrected chi connectivity index (χ4v) is 0.0833. The van der Waals surface area contributed by atoms with E-state index in [1.54, 1.807) is 0 Å². The molecule has 0 aliphatic heterocycles. The van der Waals surface area contributed by atoms with Crippen LogP contribution in [0.15, 0.2) is 0 Å². The first-order valence-electron chi connectivity index (χ1n) is 1.43. The van der Waals surface area contributed by atoms with E-state index in [2.05, 4.69) is 9.47 Å². The first-order valence-corrected chi connectivity index (χ1v) is 1.43. The van der Waals surface area contributed by atoms with Crippen molar-refractivity contribution in [2.24, 2.45) is 0 Å². The summed E-state index contributed by atoms with van der Waals surface area (Å²) in [5.41, 5.74) is 0. The summed E-state index contributed by atoms with van der Waals surface area (Å²) in [5, 5.41) is 0. The smallest absolute Gasteiger partial charge is 0.438 e. The monoisotopic (exact) mass is 91.0 g/mol. The maximum absolute atomic E-state index is 9.74. The lowest BCUT2D eigenvalue weighted by Crippen LogP contribution is -1.97. The van der Waals surface area contributed by atoms with Crippen LogP contribution in [0, 0.1) is 0 Å². The van der Waals surface area contributed by atoms with Crippen molar-refractivity contribution in [2.45, 2.75) is 0 Å². The van der Waals surface area contributed by atoms with E-state index in [1.165, 1.54) is 14.2 Å². The summed E-state index contributed by atoms with van der Waals surface area (Å²) in [6, 6.07) is 0. The third-order valence-corrected chi connectivity index (χ3v) is 0.333. The Bertz CT molecular complexity index is 44.0. The molecular weight excluding hydrogens is 85.0 g/mol. The van der Waals surface area contributed by atoms with Crippen molar-refractivity contribution in [3.05, 3.63) is 0 Å². The van der Waals surface area contributed by atoms with E-state index >= 15 is 0 Å². The van der Waals surface area contributed by atoms with Gasteiger partial charge in [0.25, 0.3) is 0 Å². The predicted octanol–water partition coefficient (Wildman–Crippen LogP) is 0.399. The lowest BCUT2D eigenvalue weighted by atomic mass is 11.6. The second-order valence-electron chi connectivity index (χ2n) is 0.658. The predicted molar refractivity (Wildman–Crippen MR) is 19.4 cm³/mol. The van der Waals surface area contributed by atoms with Gasteiger partial charge in [0.1, 0.15) is 0 Å². The molecule has 0 radical (unpaired) electrons. The van der Waals surface area contributed by atoms with Gasteiger partial charge in [-0.3, -0.25) is 0 Å². The zero-order valence-corrected chi connectivity index (χ0v) is 3.72. The lowest BCUT2D eigenvalue weighted by Gasteiger charge is -1.89. The molecule has 0 aromatic heterocycles. The van der Waals surface area contributed by atoms with Gasteiger partial charge >= 0.3 is 6.16 Å². The van der Waals surface area contributed by atoms with E-state index in [4.69, 9.17) is 0 Å². The summed E-state index contributed by atoms with van der Waals surface area (Å²) in [7, 11) is 2.51. The van der Waals surface area contributed by atoms with Crippen LogP contribution in [0.4, 0.5) is 4.79 Å². The molecule has 0 fully saturated rings. The van der Waals surface area contributed by atoms with Crippen molar-refractivity contribution in [1.29, 1.82) is 0 Å². The zero-order valence-electron chi connectivity index (χ0n) is 3.72. The van der Waals surface area contributed by atoms with Crippen molar-refractivity contribution in [3.8, 4) is 0 Å². The average molecular weight is 91.1 g/mol. The van der Waals surface area contributed by atoms with E-state index in [0.717, 1.165) is 0 Å².